The summed E-state index contributed by atoms with van der Waals surface area (Å²) in [6.45, 7) is 1.74. The number of nitrogens with two attached hydrogens (primary N) is 1. The summed E-state index contributed by atoms with van der Waals surface area (Å²) < 4.78 is 0. The van der Waals surface area contributed by atoms with Gasteiger partial charge in [0.05, 0.1) is 0 Å². The van der Waals surface area contributed by atoms with E-state index in [1.165, 1.54) is 11.8 Å². The number of thioether (sulfide) groups is 1. The summed E-state index contributed by atoms with van der Waals surface area (Å²) in [5.41, 5.74) is 4.94. The maximum atomic E-state index is 11.1. The van der Waals surface area contributed by atoms with Crippen molar-refractivity contribution < 1.29 is 4.79 Å². The Morgan fingerprint density at radius 2 is 2.50 bits per heavy atom. The lowest BCUT2D eigenvalue weighted by molar-refractivity contribution is -0.113. The molecular formula is C6H9NOS2. The molecule has 0 amide bonds. The van der Waals surface area contributed by atoms with E-state index in [1.807, 2.05) is 0 Å². The third kappa shape index (κ3) is 1.11. The van der Waals surface area contributed by atoms with Crippen molar-refractivity contribution in [1.29, 1.82) is 0 Å². The monoisotopic (exact) mass is 175 g/mol. The first-order valence-electron chi connectivity index (χ1n) is 3.04. The maximum absolute atomic E-state index is 11.1. The molecule has 0 bridgehead atoms. The highest BCUT2D eigenvalue weighted by atomic mass is 32.2. The Labute approximate surface area is 69.5 Å². The molecule has 1 aliphatic heterocycles. The summed E-state index contributed by atoms with van der Waals surface area (Å²) in [7, 11) is 0. The third-order valence-corrected chi connectivity index (χ3v) is 3.12. The molecule has 1 fully saturated rings. The summed E-state index contributed by atoms with van der Waals surface area (Å²) >= 11 is 6.17. The Balaban J connectivity index is 2.86. The highest BCUT2D eigenvalue weighted by Gasteiger charge is 2.40. The van der Waals surface area contributed by atoms with Gasteiger partial charge in [0, 0.05) is 10.6 Å². The summed E-state index contributed by atoms with van der Waals surface area (Å²) in [5, 5.41) is 0.0278. The van der Waals surface area contributed by atoms with Crippen molar-refractivity contribution in [2.45, 2.75) is 18.9 Å². The average Bonchev–Trinajstić information content (AvgIpc) is 2.15. The van der Waals surface area contributed by atoms with Gasteiger partial charge in [-0.15, -0.1) is 0 Å². The van der Waals surface area contributed by atoms with Crippen LogP contribution in [0.15, 0.2) is 0 Å². The van der Waals surface area contributed by atoms with Crippen molar-refractivity contribution in [2.75, 3.05) is 5.75 Å². The molecule has 0 aromatic carbocycles. The second-order valence-electron chi connectivity index (χ2n) is 2.41. The molecule has 0 aromatic heterocycles. The lowest BCUT2D eigenvalue weighted by Crippen LogP contribution is -2.49. The predicted octanol–water partition coefficient (Wildman–Crippen LogP) is 0.737. The van der Waals surface area contributed by atoms with E-state index < -0.39 is 5.54 Å². The number of carbonyl (C=O) groups is 1. The minimum absolute atomic E-state index is 0.0278. The van der Waals surface area contributed by atoms with Crippen molar-refractivity contribution >= 4 is 34.0 Å². The molecule has 2 N–H and O–H groups in total. The normalized spacial score (nSPS) is 32.8. The highest BCUT2D eigenvalue weighted by Crippen LogP contribution is 2.28. The minimum Gasteiger partial charge on any atom is -0.314 e. The second-order valence-corrected chi connectivity index (χ2v) is 4.09. The fourth-order valence-corrected chi connectivity index (χ4v) is 2.24. The van der Waals surface area contributed by atoms with Crippen LogP contribution < -0.4 is 5.73 Å². The Kier molecular flexibility index (Phi) is 2.12. The topological polar surface area (TPSA) is 43.1 Å². The molecule has 0 saturated carbocycles. The Morgan fingerprint density at radius 1 is 1.90 bits per heavy atom. The van der Waals surface area contributed by atoms with E-state index in [2.05, 4.69) is 0 Å². The number of carbonyl (C=O) groups excluding carboxylic acids is 1. The zero-order valence-electron chi connectivity index (χ0n) is 5.72. The molecule has 1 atom stereocenters. The van der Waals surface area contributed by atoms with E-state index in [4.69, 9.17) is 18.0 Å². The minimum atomic E-state index is -0.792. The molecule has 1 aliphatic rings. The first-order chi connectivity index (χ1) is 4.57. The van der Waals surface area contributed by atoms with E-state index >= 15 is 0 Å². The van der Waals surface area contributed by atoms with Gasteiger partial charge in [-0.2, -0.15) is 0 Å². The molecule has 4 heteroatoms. The quantitative estimate of drug-likeness (QED) is 0.597. The first-order valence-corrected chi connectivity index (χ1v) is 4.44. The molecule has 0 radical (unpaired) electrons. The van der Waals surface area contributed by atoms with Crippen LogP contribution in [0.25, 0.3) is 0 Å². The largest absolute Gasteiger partial charge is 0.314 e. The van der Waals surface area contributed by atoms with Gasteiger partial charge in [0.2, 0.25) is 5.12 Å². The second kappa shape index (κ2) is 2.60. The summed E-state index contributed by atoms with van der Waals surface area (Å²) in [6.07, 6.45) is 0.700. The Bertz CT molecular complexity index is 192. The lowest BCUT2D eigenvalue weighted by Gasteiger charge is -2.18. The van der Waals surface area contributed by atoms with E-state index in [0.717, 1.165) is 5.75 Å². The van der Waals surface area contributed by atoms with Crippen LogP contribution in [-0.4, -0.2) is 21.3 Å². The first kappa shape index (κ1) is 8.17. The molecule has 2 nitrogen and oxygen atoms in total. The molecule has 0 spiro atoms. The van der Waals surface area contributed by atoms with Crippen molar-refractivity contribution in [1.82, 2.24) is 0 Å². The predicted molar refractivity (Wildman–Crippen MR) is 47.3 cm³/mol. The van der Waals surface area contributed by atoms with Crippen molar-refractivity contribution in [3.05, 3.63) is 0 Å². The summed E-state index contributed by atoms with van der Waals surface area (Å²) in [6, 6.07) is 0. The van der Waals surface area contributed by atoms with Crippen LogP contribution in [0.1, 0.15) is 13.3 Å². The van der Waals surface area contributed by atoms with Crippen molar-refractivity contribution in [2.24, 2.45) is 5.73 Å². The smallest absolute Gasteiger partial charge is 0.213 e. The van der Waals surface area contributed by atoms with Crippen LogP contribution in [0.3, 0.4) is 0 Å². The van der Waals surface area contributed by atoms with Crippen LogP contribution >= 0.6 is 24.0 Å². The molecule has 1 unspecified atom stereocenters. The molecule has 56 valence electrons. The van der Waals surface area contributed by atoms with Gasteiger partial charge in [0.15, 0.2) is 0 Å². The number of hydrogen-bond acceptors (Lipinski definition) is 4. The number of hydrogen-bond donors (Lipinski definition) is 1. The number of thiocarbonyl (C=S) groups is 1. The summed E-state index contributed by atoms with van der Waals surface area (Å²) in [5.74, 6) is 0.809. The van der Waals surface area contributed by atoms with Crippen LogP contribution in [0.5, 0.6) is 0 Å². The van der Waals surface area contributed by atoms with Crippen LogP contribution in [-0.2, 0) is 4.79 Å². The molecule has 1 rings (SSSR count). The van der Waals surface area contributed by atoms with Gasteiger partial charge in [0.1, 0.15) is 5.54 Å². The number of rotatable bonds is 1. The molecule has 1 saturated heterocycles. The SMILES string of the molecule is CC(=S)C1(N)CCSC1=O. The summed E-state index contributed by atoms with van der Waals surface area (Å²) in [4.78, 5) is 11.7. The van der Waals surface area contributed by atoms with Gasteiger partial charge in [-0.25, -0.2) is 0 Å². The third-order valence-electron chi connectivity index (χ3n) is 1.72. The average molecular weight is 175 g/mol. The van der Waals surface area contributed by atoms with E-state index in [9.17, 15) is 4.79 Å². The zero-order chi connectivity index (χ0) is 7.78. The fraction of sp³-hybridized carbons (Fsp3) is 0.667. The molecule has 0 aliphatic carbocycles. The van der Waals surface area contributed by atoms with Gasteiger partial charge >= 0.3 is 0 Å². The Hall–Kier alpha value is 0.0700. The van der Waals surface area contributed by atoms with Gasteiger partial charge in [-0.1, -0.05) is 24.0 Å². The highest BCUT2D eigenvalue weighted by molar-refractivity contribution is 8.14. The van der Waals surface area contributed by atoms with Crippen LogP contribution in [0.2, 0.25) is 0 Å². The molecule has 0 aromatic rings. The standard InChI is InChI=1S/C6H9NOS2/c1-4(9)6(7)2-3-10-5(6)8/h2-3,7H2,1H3. The van der Waals surface area contributed by atoms with Crippen molar-refractivity contribution in [3.8, 4) is 0 Å². The van der Waals surface area contributed by atoms with Gasteiger partial charge in [0.25, 0.3) is 0 Å². The van der Waals surface area contributed by atoms with E-state index in [1.54, 1.807) is 6.92 Å². The van der Waals surface area contributed by atoms with Crippen molar-refractivity contribution in [3.63, 3.8) is 0 Å². The molecule has 10 heavy (non-hydrogen) atoms. The molecule has 1 heterocycles. The zero-order valence-corrected chi connectivity index (χ0v) is 7.35. The van der Waals surface area contributed by atoms with Crippen LogP contribution in [0, 0.1) is 0 Å². The Morgan fingerprint density at radius 3 is 2.70 bits per heavy atom. The maximum Gasteiger partial charge on any atom is 0.213 e. The lowest BCUT2D eigenvalue weighted by atomic mass is 9.96. The van der Waals surface area contributed by atoms with Crippen LogP contribution in [0.4, 0.5) is 0 Å². The molecular weight excluding hydrogens is 166 g/mol. The van der Waals surface area contributed by atoms with Gasteiger partial charge in [-0.3, -0.25) is 4.79 Å². The van der Waals surface area contributed by atoms with Gasteiger partial charge < -0.3 is 5.73 Å². The fourth-order valence-electron chi connectivity index (χ4n) is 0.855. The van der Waals surface area contributed by atoms with E-state index in [-0.39, 0.29) is 5.12 Å². The van der Waals surface area contributed by atoms with Gasteiger partial charge in [-0.05, 0) is 13.3 Å². The van der Waals surface area contributed by atoms with E-state index in [0.29, 0.717) is 11.3 Å².